The summed E-state index contributed by atoms with van der Waals surface area (Å²) < 4.78 is 6.63. The highest BCUT2D eigenvalue weighted by Gasteiger charge is 2.20. The molecule has 2 aromatic heterocycles. The lowest BCUT2D eigenvalue weighted by Gasteiger charge is -2.20. The van der Waals surface area contributed by atoms with Gasteiger partial charge in [0.1, 0.15) is 5.02 Å². The smallest absolute Gasteiger partial charge is 0.287 e. The monoisotopic (exact) mass is 376 g/mol. The molecule has 0 aliphatic carbocycles. The van der Waals surface area contributed by atoms with Crippen molar-refractivity contribution in [3.8, 4) is 11.4 Å². The zero-order chi connectivity index (χ0) is 18.0. The third kappa shape index (κ3) is 3.93. The third-order valence-electron chi connectivity index (χ3n) is 3.37. The molecular formula is C17H17ClN4O2S. The number of rotatable bonds is 4. The van der Waals surface area contributed by atoms with Gasteiger partial charge in [-0.25, -0.2) is 4.68 Å². The number of nitrogens with zero attached hydrogens (tertiary/aromatic N) is 4. The molecule has 0 N–H and O–H groups in total. The summed E-state index contributed by atoms with van der Waals surface area (Å²) in [7, 11) is 0. The van der Waals surface area contributed by atoms with E-state index in [1.54, 1.807) is 6.20 Å². The second-order valence-corrected chi connectivity index (χ2v) is 7.77. The van der Waals surface area contributed by atoms with E-state index < -0.39 is 5.54 Å². The summed E-state index contributed by atoms with van der Waals surface area (Å²) in [6.07, 6.45) is 1.59. The normalized spacial score (nSPS) is 11.7. The molecule has 0 atom stereocenters. The van der Waals surface area contributed by atoms with Crippen LogP contribution < -0.4 is 5.56 Å². The highest BCUT2D eigenvalue weighted by atomic mass is 35.5. The molecule has 3 aromatic rings. The molecule has 1 aromatic carbocycles. The lowest BCUT2D eigenvalue weighted by atomic mass is 10.1. The lowest BCUT2D eigenvalue weighted by Crippen LogP contribution is -2.36. The van der Waals surface area contributed by atoms with Crippen LogP contribution in [0.1, 0.15) is 26.7 Å². The van der Waals surface area contributed by atoms with E-state index in [9.17, 15) is 4.79 Å². The summed E-state index contributed by atoms with van der Waals surface area (Å²) in [5, 5.41) is 8.33. The number of benzene rings is 1. The summed E-state index contributed by atoms with van der Waals surface area (Å²) >= 11 is 7.55. The summed E-state index contributed by atoms with van der Waals surface area (Å²) in [5.41, 5.74) is 0.144. The minimum atomic E-state index is -0.430. The molecule has 2 heterocycles. The summed E-state index contributed by atoms with van der Waals surface area (Å²) in [6, 6.07) is 9.57. The van der Waals surface area contributed by atoms with Gasteiger partial charge in [0.05, 0.1) is 22.4 Å². The average molecular weight is 377 g/mol. The number of halogens is 1. The molecule has 8 heteroatoms. The summed E-state index contributed by atoms with van der Waals surface area (Å²) in [5.74, 6) is 1.39. The standard InChI is InChI=1S/C17H17ClN4O2S/c1-17(2,3)22-16(23)14(18)12(9-19-22)25-10-13-20-15(21-24-13)11-7-5-4-6-8-11/h4-9H,10H2,1-3H3. The fourth-order valence-electron chi connectivity index (χ4n) is 2.15. The van der Waals surface area contributed by atoms with Gasteiger partial charge < -0.3 is 4.52 Å². The van der Waals surface area contributed by atoms with Gasteiger partial charge in [-0.2, -0.15) is 10.1 Å². The van der Waals surface area contributed by atoms with E-state index in [0.717, 1.165) is 5.56 Å². The van der Waals surface area contributed by atoms with Gasteiger partial charge in [0.2, 0.25) is 11.7 Å². The van der Waals surface area contributed by atoms with E-state index in [-0.39, 0.29) is 10.6 Å². The van der Waals surface area contributed by atoms with E-state index in [1.807, 2.05) is 51.1 Å². The SMILES string of the molecule is CC(C)(C)n1ncc(SCc2nc(-c3ccccc3)no2)c(Cl)c1=O. The maximum Gasteiger partial charge on any atom is 0.287 e. The molecule has 0 bridgehead atoms. The van der Waals surface area contributed by atoms with Gasteiger partial charge in [-0.15, -0.1) is 11.8 Å². The number of aromatic nitrogens is 4. The molecule has 0 saturated carbocycles. The Kier molecular flexibility index (Phi) is 4.96. The molecule has 130 valence electrons. The molecule has 0 saturated heterocycles. The number of hydrogen-bond donors (Lipinski definition) is 0. The fraction of sp³-hybridized carbons (Fsp3) is 0.294. The molecule has 3 rings (SSSR count). The van der Waals surface area contributed by atoms with Gasteiger partial charge in [0.25, 0.3) is 5.56 Å². The van der Waals surface area contributed by atoms with Crippen LogP contribution in [0.4, 0.5) is 0 Å². The molecule has 0 amide bonds. The van der Waals surface area contributed by atoms with Crippen LogP contribution in [0.5, 0.6) is 0 Å². The first-order valence-corrected chi connectivity index (χ1v) is 9.02. The Hall–Kier alpha value is -2.12. The maximum absolute atomic E-state index is 12.3. The van der Waals surface area contributed by atoms with Crippen LogP contribution in [0.25, 0.3) is 11.4 Å². The van der Waals surface area contributed by atoms with Crippen LogP contribution in [0.15, 0.2) is 50.7 Å². The molecule has 25 heavy (non-hydrogen) atoms. The van der Waals surface area contributed by atoms with E-state index in [2.05, 4.69) is 15.2 Å². The van der Waals surface area contributed by atoms with Crippen LogP contribution >= 0.6 is 23.4 Å². The first-order valence-electron chi connectivity index (χ1n) is 7.65. The van der Waals surface area contributed by atoms with Crippen LogP contribution in [0.2, 0.25) is 5.02 Å². The highest BCUT2D eigenvalue weighted by molar-refractivity contribution is 7.98. The van der Waals surface area contributed by atoms with Crippen molar-refractivity contribution in [2.45, 2.75) is 37.0 Å². The fourth-order valence-corrected chi connectivity index (χ4v) is 3.18. The molecule has 0 radical (unpaired) electrons. The molecular weight excluding hydrogens is 360 g/mol. The van der Waals surface area contributed by atoms with Crippen molar-refractivity contribution in [2.75, 3.05) is 0 Å². The quantitative estimate of drug-likeness (QED) is 0.641. The molecule has 0 fully saturated rings. The van der Waals surface area contributed by atoms with Crippen molar-refractivity contribution in [1.29, 1.82) is 0 Å². The zero-order valence-corrected chi connectivity index (χ0v) is 15.6. The van der Waals surface area contributed by atoms with Crippen LogP contribution in [-0.2, 0) is 11.3 Å². The van der Waals surface area contributed by atoms with Gasteiger partial charge >= 0.3 is 0 Å². The second kappa shape index (κ2) is 7.01. The minimum absolute atomic E-state index is 0.151. The molecule has 0 spiro atoms. The van der Waals surface area contributed by atoms with Gasteiger partial charge in [0, 0.05) is 5.56 Å². The largest absolute Gasteiger partial charge is 0.338 e. The molecule has 6 nitrogen and oxygen atoms in total. The third-order valence-corrected chi connectivity index (χ3v) is 4.86. The highest BCUT2D eigenvalue weighted by Crippen LogP contribution is 2.27. The van der Waals surface area contributed by atoms with E-state index in [1.165, 1.54) is 16.4 Å². The number of hydrogen-bond acceptors (Lipinski definition) is 6. The van der Waals surface area contributed by atoms with Crippen LogP contribution in [0, 0.1) is 0 Å². The minimum Gasteiger partial charge on any atom is -0.338 e. The van der Waals surface area contributed by atoms with Crippen molar-refractivity contribution < 1.29 is 4.52 Å². The van der Waals surface area contributed by atoms with Gasteiger partial charge in [0.15, 0.2) is 0 Å². The summed E-state index contributed by atoms with van der Waals surface area (Å²) in [4.78, 5) is 17.3. The first kappa shape index (κ1) is 17.7. The maximum atomic E-state index is 12.3. The van der Waals surface area contributed by atoms with E-state index in [0.29, 0.717) is 22.4 Å². The van der Waals surface area contributed by atoms with Crippen molar-refractivity contribution in [2.24, 2.45) is 0 Å². The Bertz CT molecular complexity index is 932. The van der Waals surface area contributed by atoms with Gasteiger partial charge in [-0.3, -0.25) is 4.79 Å². The van der Waals surface area contributed by atoms with E-state index in [4.69, 9.17) is 16.1 Å². The Morgan fingerprint density at radius 1 is 1.24 bits per heavy atom. The van der Waals surface area contributed by atoms with Crippen molar-refractivity contribution >= 4 is 23.4 Å². The molecule has 0 aliphatic heterocycles. The van der Waals surface area contributed by atoms with Crippen molar-refractivity contribution in [1.82, 2.24) is 19.9 Å². The topological polar surface area (TPSA) is 73.8 Å². The Morgan fingerprint density at radius 2 is 1.96 bits per heavy atom. The lowest BCUT2D eigenvalue weighted by molar-refractivity contribution is 0.336. The van der Waals surface area contributed by atoms with Crippen molar-refractivity contribution in [3.63, 3.8) is 0 Å². The Balaban J connectivity index is 1.76. The number of thioether (sulfide) groups is 1. The Labute approximate surface area is 154 Å². The second-order valence-electron chi connectivity index (χ2n) is 6.38. The van der Waals surface area contributed by atoms with Gasteiger partial charge in [-0.1, -0.05) is 47.1 Å². The first-order chi connectivity index (χ1) is 11.9. The van der Waals surface area contributed by atoms with E-state index >= 15 is 0 Å². The van der Waals surface area contributed by atoms with Crippen LogP contribution in [0.3, 0.4) is 0 Å². The van der Waals surface area contributed by atoms with Crippen LogP contribution in [-0.4, -0.2) is 19.9 Å². The molecule has 0 aliphatic rings. The predicted molar refractivity (Wildman–Crippen MR) is 97.8 cm³/mol. The zero-order valence-electron chi connectivity index (χ0n) is 14.1. The summed E-state index contributed by atoms with van der Waals surface area (Å²) in [6.45, 7) is 5.69. The van der Waals surface area contributed by atoms with Gasteiger partial charge in [-0.05, 0) is 20.8 Å². The Morgan fingerprint density at radius 3 is 2.64 bits per heavy atom. The molecule has 0 unspecified atom stereocenters. The van der Waals surface area contributed by atoms with Crippen molar-refractivity contribution in [3.05, 3.63) is 57.8 Å². The average Bonchev–Trinajstić information content (AvgIpc) is 3.05. The predicted octanol–water partition coefficient (Wildman–Crippen LogP) is 3.99.